The molecule has 0 atom stereocenters. The Hall–Kier alpha value is -3.04. The van der Waals surface area contributed by atoms with Crippen LogP contribution < -0.4 is 5.56 Å². The van der Waals surface area contributed by atoms with E-state index in [1.165, 1.54) is 0 Å². The van der Waals surface area contributed by atoms with E-state index in [0.717, 1.165) is 0 Å². The summed E-state index contributed by atoms with van der Waals surface area (Å²) in [7, 11) is 0. The second-order valence-electron chi connectivity index (χ2n) is 4.96. The van der Waals surface area contributed by atoms with Gasteiger partial charge in [0.2, 0.25) is 5.69 Å². The summed E-state index contributed by atoms with van der Waals surface area (Å²) in [5.74, 6) is 0. The minimum absolute atomic E-state index is 0.0181. The fraction of sp³-hybridized carbons (Fsp3) is 0.167. The molecule has 2 aromatic rings. The number of hydrogen-bond acceptors (Lipinski definition) is 6. The molecular formula is C12H3BrF6N4O5. The minimum Gasteiger partial charge on any atom is -0.268 e. The molecule has 150 valence electrons. The zero-order valence-electron chi connectivity index (χ0n) is 12.7. The molecular weight excluding hydrogens is 474 g/mol. The molecule has 2 rings (SSSR count). The summed E-state index contributed by atoms with van der Waals surface area (Å²) in [6.07, 6.45) is -10.2. The van der Waals surface area contributed by atoms with Crippen LogP contribution in [0.5, 0.6) is 0 Å². The van der Waals surface area contributed by atoms with Gasteiger partial charge in [-0.25, -0.2) is 4.98 Å². The Balaban J connectivity index is 2.97. The van der Waals surface area contributed by atoms with Crippen molar-refractivity contribution in [3.05, 3.63) is 64.8 Å². The third kappa shape index (κ3) is 3.80. The van der Waals surface area contributed by atoms with Crippen LogP contribution in [0.4, 0.5) is 37.7 Å². The van der Waals surface area contributed by atoms with Crippen LogP contribution in [0.25, 0.3) is 5.69 Å². The van der Waals surface area contributed by atoms with Crippen molar-refractivity contribution in [2.45, 2.75) is 12.4 Å². The molecule has 0 unspecified atom stereocenters. The lowest BCUT2D eigenvalue weighted by Gasteiger charge is -2.13. The first kappa shape index (κ1) is 21.3. The summed E-state index contributed by atoms with van der Waals surface area (Å²) in [5.41, 5.74) is -9.50. The highest BCUT2D eigenvalue weighted by molar-refractivity contribution is 9.10. The van der Waals surface area contributed by atoms with Crippen molar-refractivity contribution in [1.29, 1.82) is 0 Å². The molecule has 0 N–H and O–H groups in total. The zero-order chi connectivity index (χ0) is 21.6. The average molecular weight is 477 g/mol. The number of nitrogens with zero attached hydrogens (tertiary/aromatic N) is 4. The third-order valence-corrected chi connectivity index (χ3v) is 3.93. The van der Waals surface area contributed by atoms with Gasteiger partial charge in [0.1, 0.15) is 10.8 Å². The average Bonchev–Trinajstić information content (AvgIpc) is 2.54. The van der Waals surface area contributed by atoms with E-state index < -0.39 is 60.6 Å². The normalized spacial score (nSPS) is 12.1. The first-order valence-electron chi connectivity index (χ1n) is 6.55. The topological polar surface area (TPSA) is 121 Å². The Morgan fingerprint density at radius 3 is 1.79 bits per heavy atom. The highest BCUT2D eigenvalue weighted by Crippen LogP contribution is 2.40. The molecule has 0 radical (unpaired) electrons. The van der Waals surface area contributed by atoms with Gasteiger partial charge in [-0.05, 0) is 15.9 Å². The van der Waals surface area contributed by atoms with Gasteiger partial charge in [0.25, 0.3) is 5.56 Å². The summed E-state index contributed by atoms with van der Waals surface area (Å²) in [6.45, 7) is 0. The first-order valence-corrected chi connectivity index (χ1v) is 7.34. The maximum absolute atomic E-state index is 12.9. The van der Waals surface area contributed by atoms with Crippen LogP contribution in [0.15, 0.2) is 27.7 Å². The Labute approximate surface area is 156 Å². The van der Waals surface area contributed by atoms with E-state index >= 15 is 0 Å². The smallest absolute Gasteiger partial charge is 0.268 e. The van der Waals surface area contributed by atoms with Crippen molar-refractivity contribution in [2.75, 3.05) is 0 Å². The summed E-state index contributed by atoms with van der Waals surface area (Å²) >= 11 is 2.30. The molecule has 28 heavy (non-hydrogen) atoms. The molecule has 16 heteroatoms. The highest BCUT2D eigenvalue weighted by Gasteiger charge is 2.40. The van der Waals surface area contributed by atoms with Crippen molar-refractivity contribution < 1.29 is 36.2 Å². The zero-order valence-corrected chi connectivity index (χ0v) is 14.3. The molecule has 0 aliphatic rings. The molecule has 0 saturated carbocycles. The number of alkyl halides is 6. The fourth-order valence-corrected chi connectivity index (χ4v) is 2.60. The van der Waals surface area contributed by atoms with Crippen LogP contribution >= 0.6 is 15.9 Å². The summed E-state index contributed by atoms with van der Waals surface area (Å²) in [5, 5.41) is 22.3. The van der Waals surface area contributed by atoms with E-state index in [0.29, 0.717) is 0 Å². The van der Waals surface area contributed by atoms with Crippen LogP contribution in [0, 0.1) is 20.2 Å². The second kappa shape index (κ2) is 6.84. The largest absolute Gasteiger partial charge is 0.434 e. The lowest BCUT2D eigenvalue weighted by atomic mass is 10.1. The van der Waals surface area contributed by atoms with Crippen molar-refractivity contribution >= 4 is 27.3 Å². The Morgan fingerprint density at radius 2 is 1.43 bits per heavy atom. The molecule has 0 bridgehead atoms. The van der Waals surface area contributed by atoms with Gasteiger partial charge in [-0.2, -0.15) is 26.3 Å². The Bertz CT molecular complexity index is 1010. The Morgan fingerprint density at radius 1 is 0.964 bits per heavy atom. The van der Waals surface area contributed by atoms with Gasteiger partial charge in [0.15, 0.2) is 5.69 Å². The summed E-state index contributed by atoms with van der Waals surface area (Å²) in [6, 6.07) is -0.166. The van der Waals surface area contributed by atoms with Gasteiger partial charge in [0.05, 0.1) is 15.4 Å². The van der Waals surface area contributed by atoms with Gasteiger partial charge in [-0.1, -0.05) is 0 Å². The third-order valence-electron chi connectivity index (χ3n) is 3.22. The standard InChI is InChI=1S/C12H3BrF6N4O5/c13-7-9(12(17,18)19)20-3-21(10(7)24)8-5(22(25)26)1-4(11(14,15)16)2-6(8)23(27)28/h1-3H. The van der Waals surface area contributed by atoms with Crippen molar-refractivity contribution in [3.8, 4) is 5.69 Å². The Kier molecular flexibility index (Phi) is 5.20. The quantitative estimate of drug-likeness (QED) is 0.376. The molecule has 0 aliphatic heterocycles. The molecule has 1 aromatic heterocycles. The van der Waals surface area contributed by atoms with E-state index in [1.54, 1.807) is 0 Å². The predicted octanol–water partition coefficient (Wildman–Crippen LogP) is 3.85. The lowest BCUT2D eigenvalue weighted by molar-refractivity contribution is -0.394. The van der Waals surface area contributed by atoms with Crippen molar-refractivity contribution in [2.24, 2.45) is 0 Å². The number of aromatic nitrogens is 2. The number of halogens is 7. The van der Waals surface area contributed by atoms with Crippen LogP contribution in [0.3, 0.4) is 0 Å². The first-order chi connectivity index (χ1) is 12.7. The number of benzene rings is 1. The van der Waals surface area contributed by atoms with Crippen LogP contribution in [-0.2, 0) is 12.4 Å². The summed E-state index contributed by atoms with van der Waals surface area (Å²) in [4.78, 5) is 34.5. The molecule has 0 aliphatic carbocycles. The molecule has 0 fully saturated rings. The van der Waals surface area contributed by atoms with E-state index in [4.69, 9.17) is 0 Å². The number of hydrogen-bond donors (Lipinski definition) is 0. The van der Waals surface area contributed by atoms with Crippen LogP contribution in [0.2, 0.25) is 0 Å². The summed E-state index contributed by atoms with van der Waals surface area (Å²) < 4.78 is 75.7. The number of rotatable bonds is 3. The highest BCUT2D eigenvalue weighted by atomic mass is 79.9. The molecule has 0 saturated heterocycles. The van der Waals surface area contributed by atoms with Crippen molar-refractivity contribution in [3.63, 3.8) is 0 Å². The fourth-order valence-electron chi connectivity index (χ4n) is 2.08. The van der Waals surface area contributed by atoms with Gasteiger partial charge in [-0.15, -0.1) is 0 Å². The maximum Gasteiger partial charge on any atom is 0.434 e. The van der Waals surface area contributed by atoms with Gasteiger partial charge in [-0.3, -0.25) is 29.6 Å². The van der Waals surface area contributed by atoms with E-state index in [2.05, 4.69) is 20.9 Å². The second-order valence-corrected chi connectivity index (χ2v) is 5.75. The van der Waals surface area contributed by atoms with Gasteiger partial charge < -0.3 is 0 Å². The van der Waals surface area contributed by atoms with Crippen LogP contribution in [-0.4, -0.2) is 19.4 Å². The molecule has 9 nitrogen and oxygen atoms in total. The van der Waals surface area contributed by atoms with E-state index in [-0.39, 0.29) is 23.0 Å². The lowest BCUT2D eigenvalue weighted by Crippen LogP contribution is -2.26. The molecule has 0 spiro atoms. The molecule has 1 heterocycles. The molecule has 1 aromatic carbocycles. The monoisotopic (exact) mass is 476 g/mol. The molecule has 0 amide bonds. The number of nitro groups is 2. The van der Waals surface area contributed by atoms with Crippen molar-refractivity contribution in [1.82, 2.24) is 9.55 Å². The number of nitro benzene ring substituents is 2. The minimum atomic E-state index is -5.21. The SMILES string of the molecule is O=c1c(Br)c(C(F)(F)F)ncn1-c1c([N+](=O)[O-])cc(C(F)(F)F)cc1[N+](=O)[O-]. The van der Waals surface area contributed by atoms with Gasteiger partial charge >= 0.3 is 23.7 Å². The van der Waals surface area contributed by atoms with Gasteiger partial charge in [0, 0.05) is 12.1 Å². The van der Waals surface area contributed by atoms with Crippen LogP contribution in [0.1, 0.15) is 11.3 Å². The van der Waals surface area contributed by atoms with E-state index in [9.17, 15) is 51.4 Å². The maximum atomic E-state index is 12.9. The predicted molar refractivity (Wildman–Crippen MR) is 80.8 cm³/mol. The van der Waals surface area contributed by atoms with E-state index in [1.807, 2.05) is 0 Å².